The van der Waals surface area contributed by atoms with Crippen molar-refractivity contribution in [3.05, 3.63) is 59.8 Å². The van der Waals surface area contributed by atoms with Gasteiger partial charge in [-0.15, -0.1) is 0 Å². The zero-order valence-corrected chi connectivity index (χ0v) is 11.1. The van der Waals surface area contributed by atoms with Crippen molar-refractivity contribution in [2.75, 3.05) is 5.32 Å². The molecule has 98 valence electrons. The number of anilines is 1. The van der Waals surface area contributed by atoms with Crippen molar-refractivity contribution in [3.8, 4) is 6.07 Å². The molecule has 0 unspecified atom stereocenters. The topological polar surface area (TPSA) is 61.9 Å². The Labute approximate surface area is 116 Å². The largest absolute Gasteiger partial charge is 0.444 e. The van der Waals surface area contributed by atoms with Crippen molar-refractivity contribution in [1.29, 1.82) is 5.26 Å². The van der Waals surface area contributed by atoms with Crippen LogP contribution in [0.15, 0.2) is 47.0 Å². The Bertz CT molecular complexity index is 799. The maximum atomic E-state index is 9.14. The fourth-order valence-corrected chi connectivity index (χ4v) is 2.20. The van der Waals surface area contributed by atoms with E-state index in [-0.39, 0.29) is 0 Å². The van der Waals surface area contributed by atoms with E-state index in [0.29, 0.717) is 18.0 Å². The SMILES string of the molecule is Cc1cnc(CNc2ccc(C#N)c3ccccc23)o1. The van der Waals surface area contributed by atoms with Gasteiger partial charge in [-0.1, -0.05) is 24.3 Å². The molecule has 0 aliphatic rings. The Balaban J connectivity index is 1.94. The second-order valence-electron chi connectivity index (χ2n) is 4.54. The molecule has 1 N–H and O–H groups in total. The van der Waals surface area contributed by atoms with Crippen LogP contribution in [0.2, 0.25) is 0 Å². The van der Waals surface area contributed by atoms with Crippen molar-refractivity contribution < 1.29 is 4.42 Å². The first-order valence-corrected chi connectivity index (χ1v) is 6.35. The highest BCUT2D eigenvalue weighted by Gasteiger charge is 2.06. The quantitative estimate of drug-likeness (QED) is 0.784. The lowest BCUT2D eigenvalue weighted by molar-refractivity contribution is 0.479. The molecular formula is C16H13N3O. The van der Waals surface area contributed by atoms with Gasteiger partial charge in [-0.25, -0.2) is 4.98 Å². The number of nitriles is 1. The fraction of sp³-hybridized carbons (Fsp3) is 0.125. The van der Waals surface area contributed by atoms with Gasteiger partial charge in [0, 0.05) is 16.5 Å². The normalized spacial score (nSPS) is 10.4. The van der Waals surface area contributed by atoms with Gasteiger partial charge in [0.15, 0.2) is 0 Å². The molecule has 3 rings (SSSR count). The third-order valence-electron chi connectivity index (χ3n) is 3.14. The van der Waals surface area contributed by atoms with E-state index in [1.807, 2.05) is 43.3 Å². The van der Waals surface area contributed by atoms with Crippen molar-refractivity contribution >= 4 is 16.5 Å². The lowest BCUT2D eigenvalue weighted by atomic mass is 10.0. The first-order chi connectivity index (χ1) is 9.78. The van der Waals surface area contributed by atoms with Gasteiger partial charge in [0.1, 0.15) is 5.76 Å². The molecule has 4 nitrogen and oxygen atoms in total. The number of hydrogen-bond acceptors (Lipinski definition) is 4. The van der Waals surface area contributed by atoms with E-state index in [2.05, 4.69) is 16.4 Å². The van der Waals surface area contributed by atoms with Crippen LogP contribution in [0, 0.1) is 18.3 Å². The van der Waals surface area contributed by atoms with Crippen LogP contribution < -0.4 is 5.32 Å². The molecule has 0 spiro atoms. The minimum absolute atomic E-state index is 0.518. The van der Waals surface area contributed by atoms with E-state index in [9.17, 15) is 0 Å². The average Bonchev–Trinajstić information content (AvgIpc) is 2.90. The van der Waals surface area contributed by atoms with Crippen molar-refractivity contribution in [3.63, 3.8) is 0 Å². The number of nitrogens with zero attached hydrogens (tertiary/aromatic N) is 2. The number of aromatic nitrogens is 1. The van der Waals surface area contributed by atoms with Crippen molar-refractivity contribution in [1.82, 2.24) is 4.98 Å². The number of fused-ring (bicyclic) bond motifs is 1. The highest BCUT2D eigenvalue weighted by Crippen LogP contribution is 2.26. The minimum Gasteiger partial charge on any atom is -0.444 e. The Hall–Kier alpha value is -2.80. The highest BCUT2D eigenvalue weighted by atomic mass is 16.4. The summed E-state index contributed by atoms with van der Waals surface area (Å²) in [4.78, 5) is 4.16. The standard InChI is InChI=1S/C16H13N3O/c1-11-9-19-16(20-11)10-18-15-7-6-12(8-17)13-4-2-3-5-14(13)15/h2-7,9,18H,10H2,1H3. The maximum Gasteiger partial charge on any atom is 0.213 e. The molecular weight excluding hydrogens is 250 g/mol. The number of oxazole rings is 1. The summed E-state index contributed by atoms with van der Waals surface area (Å²) in [5.41, 5.74) is 1.65. The summed E-state index contributed by atoms with van der Waals surface area (Å²) in [6.45, 7) is 2.39. The summed E-state index contributed by atoms with van der Waals surface area (Å²) in [6.07, 6.45) is 1.70. The molecule has 0 saturated carbocycles. The second-order valence-corrected chi connectivity index (χ2v) is 4.54. The van der Waals surface area contributed by atoms with E-state index in [0.717, 1.165) is 22.2 Å². The van der Waals surface area contributed by atoms with E-state index < -0.39 is 0 Å². The van der Waals surface area contributed by atoms with Gasteiger partial charge in [0.05, 0.1) is 24.4 Å². The fourth-order valence-electron chi connectivity index (χ4n) is 2.20. The van der Waals surface area contributed by atoms with Crippen LogP contribution in [0.5, 0.6) is 0 Å². The Morgan fingerprint density at radius 3 is 2.70 bits per heavy atom. The Morgan fingerprint density at radius 1 is 1.20 bits per heavy atom. The summed E-state index contributed by atoms with van der Waals surface area (Å²) in [5.74, 6) is 1.45. The average molecular weight is 263 g/mol. The van der Waals surface area contributed by atoms with Gasteiger partial charge in [0.25, 0.3) is 0 Å². The van der Waals surface area contributed by atoms with E-state index >= 15 is 0 Å². The third-order valence-corrected chi connectivity index (χ3v) is 3.14. The molecule has 0 saturated heterocycles. The monoisotopic (exact) mass is 263 g/mol. The van der Waals surface area contributed by atoms with Crippen LogP contribution >= 0.6 is 0 Å². The molecule has 1 heterocycles. The molecule has 0 fully saturated rings. The van der Waals surface area contributed by atoms with Crippen LogP contribution in [-0.4, -0.2) is 4.98 Å². The first-order valence-electron chi connectivity index (χ1n) is 6.35. The summed E-state index contributed by atoms with van der Waals surface area (Å²) in [7, 11) is 0. The van der Waals surface area contributed by atoms with Gasteiger partial charge in [0.2, 0.25) is 5.89 Å². The van der Waals surface area contributed by atoms with E-state index in [1.54, 1.807) is 6.20 Å². The highest BCUT2D eigenvalue weighted by molar-refractivity contribution is 5.97. The number of rotatable bonds is 3. The number of nitrogens with one attached hydrogen (secondary N) is 1. The maximum absolute atomic E-state index is 9.14. The predicted octanol–water partition coefficient (Wildman–Crippen LogP) is 3.62. The molecule has 20 heavy (non-hydrogen) atoms. The Kier molecular flexibility index (Phi) is 3.10. The van der Waals surface area contributed by atoms with Gasteiger partial charge < -0.3 is 9.73 Å². The summed E-state index contributed by atoms with van der Waals surface area (Å²) in [6, 6.07) is 13.8. The summed E-state index contributed by atoms with van der Waals surface area (Å²) in [5, 5.41) is 14.4. The zero-order chi connectivity index (χ0) is 13.9. The summed E-state index contributed by atoms with van der Waals surface area (Å²) >= 11 is 0. The molecule has 0 atom stereocenters. The molecule has 4 heteroatoms. The molecule has 0 aliphatic heterocycles. The molecule has 3 aromatic rings. The van der Waals surface area contributed by atoms with Crippen LogP contribution in [0.3, 0.4) is 0 Å². The molecule has 0 bridgehead atoms. The van der Waals surface area contributed by atoms with E-state index in [1.165, 1.54) is 0 Å². The molecule has 0 aliphatic carbocycles. The van der Waals surface area contributed by atoms with E-state index in [4.69, 9.17) is 9.68 Å². The third kappa shape index (κ3) is 2.21. The van der Waals surface area contributed by atoms with Gasteiger partial charge >= 0.3 is 0 Å². The molecule has 1 aromatic heterocycles. The van der Waals surface area contributed by atoms with Crippen LogP contribution in [0.25, 0.3) is 10.8 Å². The summed E-state index contributed by atoms with van der Waals surface area (Å²) < 4.78 is 5.44. The molecule has 0 radical (unpaired) electrons. The zero-order valence-electron chi connectivity index (χ0n) is 11.1. The molecule has 2 aromatic carbocycles. The predicted molar refractivity (Wildman–Crippen MR) is 77.2 cm³/mol. The number of aryl methyl sites for hydroxylation is 1. The van der Waals surface area contributed by atoms with Crippen LogP contribution in [0.1, 0.15) is 17.2 Å². The lowest BCUT2D eigenvalue weighted by Gasteiger charge is -2.09. The van der Waals surface area contributed by atoms with Crippen molar-refractivity contribution in [2.24, 2.45) is 0 Å². The second kappa shape index (κ2) is 5.06. The smallest absolute Gasteiger partial charge is 0.213 e. The lowest BCUT2D eigenvalue weighted by Crippen LogP contribution is -2.00. The Morgan fingerprint density at radius 2 is 2.00 bits per heavy atom. The van der Waals surface area contributed by atoms with Crippen LogP contribution in [0.4, 0.5) is 5.69 Å². The first kappa shape index (κ1) is 12.2. The molecule has 0 amide bonds. The van der Waals surface area contributed by atoms with Gasteiger partial charge in [-0.3, -0.25) is 0 Å². The van der Waals surface area contributed by atoms with Crippen molar-refractivity contribution in [2.45, 2.75) is 13.5 Å². The van der Waals surface area contributed by atoms with Gasteiger partial charge in [-0.05, 0) is 19.1 Å². The number of hydrogen-bond donors (Lipinski definition) is 1. The number of benzene rings is 2. The van der Waals surface area contributed by atoms with Gasteiger partial charge in [-0.2, -0.15) is 5.26 Å². The van der Waals surface area contributed by atoms with Crippen LogP contribution in [-0.2, 0) is 6.54 Å². The minimum atomic E-state index is 0.518.